The molecular formula is C21H23FN4O2S. The monoisotopic (exact) mass is 414 g/mol. The van der Waals surface area contributed by atoms with Crippen LogP contribution < -0.4 is 5.32 Å². The zero-order valence-electron chi connectivity index (χ0n) is 16.3. The number of thioether (sulfide) groups is 1. The van der Waals surface area contributed by atoms with Crippen molar-refractivity contribution in [2.24, 2.45) is 5.92 Å². The van der Waals surface area contributed by atoms with Gasteiger partial charge in [0.25, 0.3) is 0 Å². The molecule has 0 radical (unpaired) electrons. The molecule has 1 aliphatic carbocycles. The summed E-state index contributed by atoms with van der Waals surface area (Å²) in [4.78, 5) is 13.0. The largest absolute Gasteiger partial charge is 0.461 e. The molecule has 0 aliphatic heterocycles. The van der Waals surface area contributed by atoms with Crippen molar-refractivity contribution in [1.82, 2.24) is 20.1 Å². The van der Waals surface area contributed by atoms with Gasteiger partial charge in [-0.25, -0.2) is 4.39 Å². The molecule has 1 saturated carbocycles. The minimum atomic E-state index is -0.546. The maximum absolute atomic E-state index is 13.4. The van der Waals surface area contributed by atoms with E-state index in [9.17, 15) is 9.18 Å². The van der Waals surface area contributed by atoms with Crippen molar-refractivity contribution in [1.29, 1.82) is 0 Å². The minimum absolute atomic E-state index is 0.0947. The number of benzene rings is 1. The second-order valence-electron chi connectivity index (χ2n) is 7.62. The number of furan rings is 1. The Bertz CT molecular complexity index is 965. The lowest BCUT2D eigenvalue weighted by molar-refractivity contribution is -0.120. The van der Waals surface area contributed by atoms with Gasteiger partial charge in [0.15, 0.2) is 16.7 Å². The fraction of sp³-hybridized carbons (Fsp3) is 0.381. The molecule has 1 amide bonds. The maximum Gasteiger partial charge on any atom is 0.238 e. The molecule has 152 valence electrons. The number of rotatable bonds is 8. The van der Waals surface area contributed by atoms with Crippen molar-refractivity contribution in [3.05, 3.63) is 54.0 Å². The van der Waals surface area contributed by atoms with Crippen molar-refractivity contribution >= 4 is 17.7 Å². The lowest BCUT2D eigenvalue weighted by atomic mass is 10.1. The number of hydrogen-bond donors (Lipinski definition) is 1. The van der Waals surface area contributed by atoms with Crippen LogP contribution in [0.1, 0.15) is 37.5 Å². The summed E-state index contributed by atoms with van der Waals surface area (Å²) in [5, 5.41) is 11.8. The average molecular weight is 415 g/mol. The van der Waals surface area contributed by atoms with Crippen molar-refractivity contribution in [3.8, 4) is 11.6 Å². The second kappa shape index (κ2) is 8.41. The van der Waals surface area contributed by atoms with Gasteiger partial charge in [0.2, 0.25) is 5.91 Å². The number of hydrogen-bond acceptors (Lipinski definition) is 5. The summed E-state index contributed by atoms with van der Waals surface area (Å²) >= 11 is 1.33. The summed E-state index contributed by atoms with van der Waals surface area (Å²) in [6.07, 6.45) is 3.60. The molecule has 1 aliphatic rings. The summed E-state index contributed by atoms with van der Waals surface area (Å²) < 4.78 is 20.9. The van der Waals surface area contributed by atoms with Gasteiger partial charge >= 0.3 is 0 Å². The fourth-order valence-corrected chi connectivity index (χ4v) is 4.07. The molecule has 2 aromatic heterocycles. The molecule has 0 saturated heterocycles. The highest BCUT2D eigenvalue weighted by molar-refractivity contribution is 8.00. The van der Waals surface area contributed by atoms with Crippen LogP contribution in [0.25, 0.3) is 11.6 Å². The molecule has 1 unspecified atom stereocenters. The third-order valence-electron chi connectivity index (χ3n) is 4.56. The van der Waals surface area contributed by atoms with Crippen LogP contribution in [-0.4, -0.2) is 26.7 Å². The molecule has 29 heavy (non-hydrogen) atoms. The molecule has 2 heterocycles. The predicted octanol–water partition coefficient (Wildman–Crippen LogP) is 4.45. The van der Waals surface area contributed by atoms with Crippen LogP contribution in [0, 0.1) is 11.7 Å². The van der Waals surface area contributed by atoms with E-state index in [-0.39, 0.29) is 17.8 Å². The van der Waals surface area contributed by atoms with Gasteiger partial charge in [-0.3, -0.25) is 9.36 Å². The molecule has 8 heteroatoms. The fourth-order valence-electron chi connectivity index (χ4n) is 3.01. The maximum atomic E-state index is 13.4. The lowest BCUT2D eigenvalue weighted by Crippen LogP contribution is -2.30. The molecular weight excluding hydrogens is 391 g/mol. The van der Waals surface area contributed by atoms with E-state index < -0.39 is 5.25 Å². The smallest absolute Gasteiger partial charge is 0.238 e. The van der Waals surface area contributed by atoms with Gasteiger partial charge in [0.1, 0.15) is 11.1 Å². The number of nitrogens with zero attached hydrogens (tertiary/aromatic N) is 3. The van der Waals surface area contributed by atoms with Crippen LogP contribution in [0.2, 0.25) is 0 Å². The van der Waals surface area contributed by atoms with E-state index >= 15 is 0 Å². The topological polar surface area (TPSA) is 73.0 Å². The second-order valence-corrected chi connectivity index (χ2v) is 8.69. The van der Waals surface area contributed by atoms with Gasteiger partial charge in [0, 0.05) is 12.6 Å². The quantitative estimate of drug-likeness (QED) is 0.552. The van der Waals surface area contributed by atoms with Gasteiger partial charge in [-0.1, -0.05) is 37.7 Å². The average Bonchev–Trinajstić information content (AvgIpc) is 3.17. The normalized spacial score (nSPS) is 14.9. The van der Waals surface area contributed by atoms with E-state index in [1.807, 2.05) is 10.6 Å². The first kappa shape index (κ1) is 19.7. The number of halogens is 1. The number of amides is 1. The van der Waals surface area contributed by atoms with Gasteiger partial charge < -0.3 is 9.73 Å². The van der Waals surface area contributed by atoms with E-state index in [1.54, 1.807) is 24.5 Å². The Morgan fingerprint density at radius 2 is 2.03 bits per heavy atom. The standard InChI is InChI=1S/C21H23FN4O2S/c1-13(2)12-26-19(17-4-3-11-28-17)24-25-21(26)29-18(20(27)23-16-9-10-16)14-5-7-15(22)8-6-14/h3-8,11,13,16,18H,9-10,12H2,1-2H3,(H,23,27). The molecule has 4 rings (SSSR count). The Morgan fingerprint density at radius 1 is 1.28 bits per heavy atom. The third kappa shape index (κ3) is 4.70. The van der Waals surface area contributed by atoms with Gasteiger partial charge in [0.05, 0.1) is 6.26 Å². The molecule has 0 bridgehead atoms. The summed E-state index contributed by atoms with van der Waals surface area (Å²) in [5.74, 6) is 1.19. The Hall–Kier alpha value is -2.61. The first-order chi connectivity index (χ1) is 14.0. The summed E-state index contributed by atoms with van der Waals surface area (Å²) in [6.45, 7) is 4.90. The van der Waals surface area contributed by atoms with Crippen molar-refractivity contribution in [2.45, 2.75) is 49.7 Å². The highest BCUT2D eigenvalue weighted by atomic mass is 32.2. The van der Waals surface area contributed by atoms with Gasteiger partial charge in [-0.05, 0) is 48.6 Å². The molecule has 1 atom stereocenters. The zero-order valence-corrected chi connectivity index (χ0v) is 17.2. The molecule has 3 aromatic rings. The van der Waals surface area contributed by atoms with Crippen molar-refractivity contribution in [2.75, 3.05) is 0 Å². The van der Waals surface area contributed by atoms with Gasteiger partial charge in [-0.2, -0.15) is 0 Å². The van der Waals surface area contributed by atoms with Gasteiger partial charge in [-0.15, -0.1) is 10.2 Å². The lowest BCUT2D eigenvalue weighted by Gasteiger charge is -2.18. The van der Waals surface area contributed by atoms with E-state index in [0.29, 0.717) is 29.2 Å². The first-order valence-corrected chi connectivity index (χ1v) is 10.6. The summed E-state index contributed by atoms with van der Waals surface area (Å²) in [5.41, 5.74) is 0.730. The molecule has 1 fully saturated rings. The summed E-state index contributed by atoms with van der Waals surface area (Å²) in [6, 6.07) is 9.93. The van der Waals surface area contributed by atoms with Crippen LogP contribution in [0.4, 0.5) is 4.39 Å². The number of aromatic nitrogens is 3. The Kier molecular flexibility index (Phi) is 5.71. The molecule has 1 aromatic carbocycles. The third-order valence-corrected chi connectivity index (χ3v) is 5.80. The number of carbonyl (C=O) groups is 1. The summed E-state index contributed by atoms with van der Waals surface area (Å²) in [7, 11) is 0. The highest BCUT2D eigenvalue weighted by Gasteiger charge is 2.31. The number of carbonyl (C=O) groups excluding carboxylic acids is 1. The Morgan fingerprint density at radius 3 is 2.66 bits per heavy atom. The van der Waals surface area contributed by atoms with Crippen molar-refractivity contribution < 1.29 is 13.6 Å². The van der Waals surface area contributed by atoms with Crippen LogP contribution >= 0.6 is 11.8 Å². The van der Waals surface area contributed by atoms with Crippen molar-refractivity contribution in [3.63, 3.8) is 0 Å². The highest BCUT2D eigenvalue weighted by Crippen LogP contribution is 2.37. The first-order valence-electron chi connectivity index (χ1n) is 9.71. The number of nitrogens with one attached hydrogen (secondary N) is 1. The van der Waals surface area contributed by atoms with E-state index in [4.69, 9.17) is 4.42 Å². The van der Waals surface area contributed by atoms with Crippen LogP contribution in [0.5, 0.6) is 0 Å². The minimum Gasteiger partial charge on any atom is -0.461 e. The zero-order chi connectivity index (χ0) is 20.4. The molecule has 1 N–H and O–H groups in total. The predicted molar refractivity (Wildman–Crippen MR) is 109 cm³/mol. The molecule has 0 spiro atoms. The van der Waals surface area contributed by atoms with E-state index in [1.165, 1.54) is 23.9 Å². The SMILES string of the molecule is CC(C)Cn1c(SC(C(=O)NC2CC2)c2ccc(F)cc2)nnc1-c1ccco1. The molecule has 6 nitrogen and oxygen atoms in total. The van der Waals surface area contributed by atoms with E-state index in [0.717, 1.165) is 18.4 Å². The van der Waals surface area contributed by atoms with E-state index in [2.05, 4.69) is 29.4 Å². The van der Waals surface area contributed by atoms with Crippen LogP contribution in [0.3, 0.4) is 0 Å². The Labute approximate surface area is 172 Å². The Balaban J connectivity index is 1.67. The van der Waals surface area contributed by atoms with Crippen LogP contribution in [0.15, 0.2) is 52.2 Å². The van der Waals surface area contributed by atoms with Crippen LogP contribution in [-0.2, 0) is 11.3 Å².